The quantitative estimate of drug-likeness (QED) is 0.415. The molecular formula is C21H43NO2. The number of aliphatic hydroxyl groups is 1. The molecule has 0 amide bonds. The van der Waals surface area contributed by atoms with E-state index in [1.807, 2.05) is 6.92 Å². The molecule has 0 aromatic carbocycles. The average Bonchev–Trinajstić information content (AvgIpc) is 2.58. The molecule has 1 saturated heterocycles. The van der Waals surface area contributed by atoms with E-state index in [4.69, 9.17) is 4.74 Å². The fraction of sp³-hybridized carbons (Fsp3) is 1.00. The van der Waals surface area contributed by atoms with Gasteiger partial charge < -0.3 is 9.84 Å². The molecular weight excluding hydrogens is 298 g/mol. The summed E-state index contributed by atoms with van der Waals surface area (Å²) in [4.78, 5) is 0. The van der Waals surface area contributed by atoms with Crippen LogP contribution in [0.15, 0.2) is 0 Å². The van der Waals surface area contributed by atoms with Crippen LogP contribution in [0.5, 0.6) is 0 Å². The minimum absolute atomic E-state index is 0.0701. The predicted molar refractivity (Wildman–Crippen MR) is 103 cm³/mol. The summed E-state index contributed by atoms with van der Waals surface area (Å²) in [5.74, 6) is 0.402. The Labute approximate surface area is 150 Å². The highest BCUT2D eigenvalue weighted by atomic mass is 16.5. The van der Waals surface area contributed by atoms with Crippen molar-refractivity contribution in [3.05, 3.63) is 0 Å². The third-order valence-corrected chi connectivity index (χ3v) is 5.59. The first-order valence-corrected chi connectivity index (χ1v) is 10.7. The van der Waals surface area contributed by atoms with Gasteiger partial charge in [-0.1, -0.05) is 90.9 Å². The maximum Gasteiger partial charge on any atom is 0.105 e. The molecule has 1 rings (SSSR count). The monoisotopic (exact) mass is 341 g/mol. The normalized spacial score (nSPS) is 27.5. The van der Waals surface area contributed by atoms with Crippen LogP contribution in [0.4, 0.5) is 0 Å². The Bertz CT molecular complexity index is 285. The van der Waals surface area contributed by atoms with Crippen molar-refractivity contribution in [3.8, 4) is 0 Å². The van der Waals surface area contributed by atoms with Crippen LogP contribution >= 0.6 is 0 Å². The molecule has 2 N–H and O–H groups in total. The van der Waals surface area contributed by atoms with E-state index in [-0.39, 0.29) is 18.9 Å². The van der Waals surface area contributed by atoms with Gasteiger partial charge in [0.25, 0.3) is 0 Å². The second-order valence-electron chi connectivity index (χ2n) is 7.81. The third-order valence-electron chi connectivity index (χ3n) is 5.59. The highest BCUT2D eigenvalue weighted by molar-refractivity contribution is 4.84. The Morgan fingerprint density at radius 1 is 0.792 bits per heavy atom. The summed E-state index contributed by atoms with van der Waals surface area (Å²) in [6, 6.07) is 0.191. The van der Waals surface area contributed by atoms with E-state index >= 15 is 0 Å². The molecule has 24 heavy (non-hydrogen) atoms. The lowest BCUT2D eigenvalue weighted by Gasteiger charge is -2.40. The van der Waals surface area contributed by atoms with Gasteiger partial charge in [-0.05, 0) is 19.3 Å². The molecule has 0 bridgehead atoms. The fourth-order valence-electron chi connectivity index (χ4n) is 3.87. The van der Waals surface area contributed by atoms with Gasteiger partial charge in [0.2, 0.25) is 0 Å². The minimum Gasteiger partial charge on any atom is -0.395 e. The van der Waals surface area contributed by atoms with Crippen LogP contribution in [0.1, 0.15) is 104 Å². The molecule has 0 spiro atoms. The van der Waals surface area contributed by atoms with E-state index < -0.39 is 0 Å². The zero-order valence-corrected chi connectivity index (χ0v) is 16.6. The zero-order valence-electron chi connectivity index (χ0n) is 16.6. The van der Waals surface area contributed by atoms with Gasteiger partial charge in [-0.25, -0.2) is 0 Å². The standard InChI is InChI=1S/C21H43NO2/c1-4-5-6-7-8-9-10-11-12-13-14-15-16-21-18(2)20(17-23)22-19(3)24-21/h18-23H,4-17H2,1-3H3/t18-,19?,20-,21+/m0/s1. The zero-order chi connectivity index (χ0) is 17.6. The Kier molecular flexibility index (Phi) is 12.9. The summed E-state index contributed by atoms with van der Waals surface area (Å²) in [5.41, 5.74) is 0. The van der Waals surface area contributed by atoms with Gasteiger partial charge in [0.05, 0.1) is 12.7 Å². The van der Waals surface area contributed by atoms with Gasteiger partial charge >= 0.3 is 0 Å². The first-order valence-electron chi connectivity index (χ1n) is 10.7. The van der Waals surface area contributed by atoms with E-state index in [9.17, 15) is 5.11 Å². The number of aliphatic hydroxyl groups excluding tert-OH is 1. The predicted octanol–water partition coefficient (Wildman–Crippen LogP) is 5.41. The smallest absolute Gasteiger partial charge is 0.105 e. The first-order chi connectivity index (χ1) is 11.7. The van der Waals surface area contributed by atoms with Crippen LogP contribution in [-0.4, -0.2) is 30.1 Å². The van der Waals surface area contributed by atoms with E-state index in [0.29, 0.717) is 12.0 Å². The highest BCUT2D eigenvalue weighted by Gasteiger charge is 2.32. The van der Waals surface area contributed by atoms with E-state index in [1.54, 1.807) is 0 Å². The van der Waals surface area contributed by atoms with Gasteiger partial charge in [0, 0.05) is 6.04 Å². The van der Waals surface area contributed by atoms with Crippen molar-refractivity contribution in [2.45, 2.75) is 123 Å². The molecule has 144 valence electrons. The number of rotatable bonds is 14. The third kappa shape index (κ3) is 9.39. The molecule has 1 aliphatic rings. The number of unbranched alkanes of at least 4 members (excludes halogenated alkanes) is 11. The second-order valence-corrected chi connectivity index (χ2v) is 7.81. The van der Waals surface area contributed by atoms with Crippen LogP contribution in [-0.2, 0) is 4.74 Å². The summed E-state index contributed by atoms with van der Waals surface area (Å²) in [7, 11) is 0. The summed E-state index contributed by atoms with van der Waals surface area (Å²) in [5, 5.41) is 12.8. The minimum atomic E-state index is 0.0701. The molecule has 3 heteroatoms. The van der Waals surface area contributed by atoms with E-state index in [2.05, 4.69) is 19.2 Å². The summed E-state index contributed by atoms with van der Waals surface area (Å²) in [6.07, 6.45) is 18.2. The number of hydrogen-bond donors (Lipinski definition) is 2. The number of nitrogens with one attached hydrogen (secondary N) is 1. The molecule has 4 atom stereocenters. The van der Waals surface area contributed by atoms with Crippen LogP contribution in [0.3, 0.4) is 0 Å². The largest absolute Gasteiger partial charge is 0.395 e. The molecule has 1 unspecified atom stereocenters. The van der Waals surface area contributed by atoms with E-state index in [1.165, 1.54) is 77.0 Å². The Morgan fingerprint density at radius 3 is 1.79 bits per heavy atom. The average molecular weight is 342 g/mol. The van der Waals surface area contributed by atoms with Crippen molar-refractivity contribution in [2.75, 3.05) is 6.61 Å². The number of hydrogen-bond acceptors (Lipinski definition) is 3. The Morgan fingerprint density at radius 2 is 1.29 bits per heavy atom. The van der Waals surface area contributed by atoms with Crippen LogP contribution in [0.2, 0.25) is 0 Å². The van der Waals surface area contributed by atoms with Crippen molar-refractivity contribution < 1.29 is 9.84 Å². The lowest BCUT2D eigenvalue weighted by Crippen LogP contribution is -2.55. The van der Waals surface area contributed by atoms with Crippen LogP contribution < -0.4 is 5.32 Å². The fourth-order valence-corrected chi connectivity index (χ4v) is 3.87. The molecule has 1 fully saturated rings. The molecule has 1 heterocycles. The second kappa shape index (κ2) is 14.1. The van der Waals surface area contributed by atoms with Crippen molar-refractivity contribution in [3.63, 3.8) is 0 Å². The van der Waals surface area contributed by atoms with Crippen molar-refractivity contribution in [1.82, 2.24) is 5.32 Å². The van der Waals surface area contributed by atoms with Crippen LogP contribution in [0.25, 0.3) is 0 Å². The lowest BCUT2D eigenvalue weighted by molar-refractivity contribution is -0.110. The van der Waals surface area contributed by atoms with Gasteiger partial charge in [0.15, 0.2) is 0 Å². The van der Waals surface area contributed by atoms with Crippen molar-refractivity contribution in [1.29, 1.82) is 0 Å². The molecule has 1 aliphatic heterocycles. The molecule has 0 radical (unpaired) electrons. The topological polar surface area (TPSA) is 41.5 Å². The van der Waals surface area contributed by atoms with Gasteiger partial charge in [-0.2, -0.15) is 0 Å². The van der Waals surface area contributed by atoms with E-state index in [0.717, 1.165) is 6.42 Å². The summed E-state index contributed by atoms with van der Waals surface area (Å²) in [6.45, 7) is 6.74. The molecule has 0 saturated carbocycles. The van der Waals surface area contributed by atoms with Gasteiger partial charge in [-0.15, -0.1) is 0 Å². The Hall–Kier alpha value is -0.120. The molecule has 0 aromatic rings. The van der Waals surface area contributed by atoms with Gasteiger partial charge in [0.1, 0.15) is 6.23 Å². The lowest BCUT2D eigenvalue weighted by atomic mass is 9.90. The highest BCUT2D eigenvalue weighted by Crippen LogP contribution is 2.24. The number of ether oxygens (including phenoxy) is 1. The van der Waals surface area contributed by atoms with Gasteiger partial charge in [-0.3, -0.25) is 5.32 Å². The first kappa shape index (κ1) is 21.9. The summed E-state index contributed by atoms with van der Waals surface area (Å²) >= 11 is 0. The molecule has 0 aromatic heterocycles. The van der Waals surface area contributed by atoms with Crippen LogP contribution in [0, 0.1) is 5.92 Å². The Balaban J connectivity index is 1.93. The maximum absolute atomic E-state index is 9.45. The van der Waals surface area contributed by atoms with Crippen molar-refractivity contribution in [2.24, 2.45) is 5.92 Å². The molecule has 0 aliphatic carbocycles. The molecule has 3 nitrogen and oxygen atoms in total. The SMILES string of the molecule is CCCCCCCCCCCCCC[C@H]1OC(C)N[C@@H](CO)[C@@H]1C. The maximum atomic E-state index is 9.45. The summed E-state index contributed by atoms with van der Waals surface area (Å²) < 4.78 is 6.01. The van der Waals surface area contributed by atoms with Crippen molar-refractivity contribution >= 4 is 0 Å².